The van der Waals surface area contributed by atoms with Crippen LogP contribution in [-0.2, 0) is 14.3 Å². The normalized spacial score (nSPS) is 19.8. The van der Waals surface area contributed by atoms with Crippen molar-refractivity contribution in [3.8, 4) is 0 Å². The Morgan fingerprint density at radius 1 is 1.35 bits per heavy atom. The average molecular weight is 241 g/mol. The maximum Gasteiger partial charge on any atom is 0.305 e. The lowest BCUT2D eigenvalue weighted by atomic mass is 10.1. The Hall–Kier alpha value is -1.06. The summed E-state index contributed by atoms with van der Waals surface area (Å²) >= 11 is 0. The summed E-state index contributed by atoms with van der Waals surface area (Å²) in [7, 11) is 1.42. The number of esters is 1. The summed E-state index contributed by atoms with van der Waals surface area (Å²) < 4.78 is 4.57. The van der Waals surface area contributed by atoms with Gasteiger partial charge in [0.2, 0.25) is 5.91 Å². The Balaban J connectivity index is 2.00. The third-order valence-corrected chi connectivity index (χ3v) is 3.39. The Bertz CT molecular complexity index is 265. The summed E-state index contributed by atoms with van der Waals surface area (Å²) in [5.74, 6) is 0.167. The van der Waals surface area contributed by atoms with Gasteiger partial charge in [-0.1, -0.05) is 12.8 Å². The van der Waals surface area contributed by atoms with Crippen molar-refractivity contribution in [1.82, 2.24) is 4.90 Å². The molecule has 1 fully saturated rings. The van der Waals surface area contributed by atoms with Gasteiger partial charge in [0.25, 0.3) is 0 Å². The first-order valence-corrected chi connectivity index (χ1v) is 6.51. The highest BCUT2D eigenvalue weighted by Gasteiger charge is 2.26. The minimum Gasteiger partial charge on any atom is -0.469 e. The summed E-state index contributed by atoms with van der Waals surface area (Å²) in [4.78, 5) is 24.3. The summed E-state index contributed by atoms with van der Waals surface area (Å²) in [5, 5.41) is 0. The predicted molar refractivity (Wildman–Crippen MR) is 65.5 cm³/mol. The molecular formula is C13H23NO3. The molecule has 0 spiro atoms. The maximum atomic E-state index is 11.5. The minimum atomic E-state index is -0.131. The van der Waals surface area contributed by atoms with Gasteiger partial charge in [0.05, 0.1) is 7.11 Å². The van der Waals surface area contributed by atoms with E-state index < -0.39 is 0 Å². The standard InChI is InChI=1S/C13H23NO3/c1-11-8-9-12(15)14(11)10-6-4-3-5-7-13(16)17-2/h11H,3-10H2,1-2H3. The van der Waals surface area contributed by atoms with E-state index in [1.807, 2.05) is 4.90 Å². The number of unbranched alkanes of at least 4 members (excludes halogenated alkanes) is 3. The molecule has 1 rings (SSSR count). The summed E-state index contributed by atoms with van der Waals surface area (Å²) in [5.41, 5.74) is 0. The quantitative estimate of drug-likeness (QED) is 0.506. The first kappa shape index (κ1) is 14.0. The van der Waals surface area contributed by atoms with Crippen molar-refractivity contribution in [2.45, 2.75) is 57.9 Å². The second-order valence-corrected chi connectivity index (χ2v) is 4.72. The number of likely N-dealkylation sites (tertiary alicyclic amines) is 1. The van der Waals surface area contributed by atoms with Crippen molar-refractivity contribution in [2.75, 3.05) is 13.7 Å². The molecule has 17 heavy (non-hydrogen) atoms. The first-order valence-electron chi connectivity index (χ1n) is 6.51. The molecule has 0 aromatic heterocycles. The summed E-state index contributed by atoms with van der Waals surface area (Å²) in [6.45, 7) is 2.99. The highest BCUT2D eigenvalue weighted by atomic mass is 16.5. The summed E-state index contributed by atoms with van der Waals surface area (Å²) in [6.07, 6.45) is 6.26. The molecule has 1 saturated heterocycles. The molecule has 1 aliphatic rings. The molecule has 98 valence electrons. The maximum absolute atomic E-state index is 11.5. The van der Waals surface area contributed by atoms with Crippen LogP contribution in [0.5, 0.6) is 0 Å². The smallest absolute Gasteiger partial charge is 0.305 e. The van der Waals surface area contributed by atoms with Crippen LogP contribution in [0.1, 0.15) is 51.9 Å². The van der Waals surface area contributed by atoms with Crippen LogP contribution in [0.25, 0.3) is 0 Å². The fraction of sp³-hybridized carbons (Fsp3) is 0.846. The Morgan fingerprint density at radius 2 is 2.06 bits per heavy atom. The average Bonchev–Trinajstić information content (AvgIpc) is 2.64. The molecule has 4 nitrogen and oxygen atoms in total. The number of methoxy groups -OCH3 is 1. The van der Waals surface area contributed by atoms with Crippen LogP contribution in [0.2, 0.25) is 0 Å². The first-order chi connectivity index (χ1) is 8.15. The molecule has 0 radical (unpaired) electrons. The number of amides is 1. The molecule has 1 atom stereocenters. The fourth-order valence-electron chi connectivity index (χ4n) is 2.23. The number of nitrogens with zero attached hydrogens (tertiary/aromatic N) is 1. The molecule has 0 N–H and O–H groups in total. The van der Waals surface area contributed by atoms with E-state index in [2.05, 4.69) is 11.7 Å². The van der Waals surface area contributed by atoms with Gasteiger partial charge in [-0.2, -0.15) is 0 Å². The van der Waals surface area contributed by atoms with Gasteiger partial charge in [-0.15, -0.1) is 0 Å². The lowest BCUT2D eigenvalue weighted by Crippen LogP contribution is -2.31. The number of ether oxygens (including phenoxy) is 1. The van der Waals surface area contributed by atoms with E-state index in [0.29, 0.717) is 24.8 Å². The molecule has 1 amide bonds. The number of rotatable bonds is 7. The van der Waals surface area contributed by atoms with Crippen LogP contribution in [0, 0.1) is 0 Å². The van der Waals surface area contributed by atoms with Crippen LogP contribution >= 0.6 is 0 Å². The Kier molecular flexibility index (Phi) is 6.01. The van der Waals surface area contributed by atoms with Crippen molar-refractivity contribution in [3.63, 3.8) is 0 Å². The van der Waals surface area contributed by atoms with Gasteiger partial charge >= 0.3 is 5.97 Å². The largest absolute Gasteiger partial charge is 0.469 e. The second kappa shape index (κ2) is 7.30. The van der Waals surface area contributed by atoms with Crippen LogP contribution in [0.15, 0.2) is 0 Å². The molecule has 0 aromatic carbocycles. The van der Waals surface area contributed by atoms with E-state index in [-0.39, 0.29) is 5.97 Å². The van der Waals surface area contributed by atoms with Gasteiger partial charge in [0, 0.05) is 25.4 Å². The van der Waals surface area contributed by atoms with E-state index >= 15 is 0 Å². The van der Waals surface area contributed by atoms with E-state index in [9.17, 15) is 9.59 Å². The molecule has 4 heteroatoms. The molecule has 1 unspecified atom stereocenters. The molecule has 0 saturated carbocycles. The van der Waals surface area contributed by atoms with Crippen LogP contribution in [0.3, 0.4) is 0 Å². The Morgan fingerprint density at radius 3 is 2.65 bits per heavy atom. The van der Waals surface area contributed by atoms with Gasteiger partial charge < -0.3 is 9.64 Å². The SMILES string of the molecule is COC(=O)CCCCCCN1C(=O)CCC1C. The number of hydrogen-bond acceptors (Lipinski definition) is 3. The van der Waals surface area contributed by atoms with E-state index in [1.54, 1.807) is 0 Å². The van der Waals surface area contributed by atoms with Gasteiger partial charge in [-0.05, 0) is 26.2 Å². The van der Waals surface area contributed by atoms with Crippen molar-refractivity contribution < 1.29 is 14.3 Å². The van der Waals surface area contributed by atoms with E-state index in [4.69, 9.17) is 0 Å². The summed E-state index contributed by atoms with van der Waals surface area (Å²) in [6, 6.07) is 0.414. The van der Waals surface area contributed by atoms with Crippen molar-refractivity contribution >= 4 is 11.9 Å². The van der Waals surface area contributed by atoms with Gasteiger partial charge in [0.15, 0.2) is 0 Å². The topological polar surface area (TPSA) is 46.6 Å². The fourth-order valence-corrected chi connectivity index (χ4v) is 2.23. The third-order valence-electron chi connectivity index (χ3n) is 3.39. The molecule has 0 aromatic rings. The van der Waals surface area contributed by atoms with Crippen molar-refractivity contribution in [1.29, 1.82) is 0 Å². The number of carbonyl (C=O) groups excluding carboxylic acids is 2. The molecular weight excluding hydrogens is 218 g/mol. The monoisotopic (exact) mass is 241 g/mol. The molecule has 0 aliphatic carbocycles. The lowest BCUT2D eigenvalue weighted by molar-refractivity contribution is -0.140. The van der Waals surface area contributed by atoms with Crippen LogP contribution < -0.4 is 0 Å². The zero-order valence-corrected chi connectivity index (χ0v) is 10.9. The minimum absolute atomic E-state index is 0.131. The van der Waals surface area contributed by atoms with Crippen LogP contribution in [0.4, 0.5) is 0 Å². The molecule has 1 aliphatic heterocycles. The second-order valence-electron chi connectivity index (χ2n) is 4.72. The van der Waals surface area contributed by atoms with E-state index in [1.165, 1.54) is 7.11 Å². The van der Waals surface area contributed by atoms with Gasteiger partial charge in [-0.25, -0.2) is 0 Å². The van der Waals surface area contributed by atoms with Gasteiger partial charge in [-0.3, -0.25) is 9.59 Å². The molecule has 0 bridgehead atoms. The highest BCUT2D eigenvalue weighted by molar-refractivity contribution is 5.78. The van der Waals surface area contributed by atoms with Gasteiger partial charge in [0.1, 0.15) is 0 Å². The van der Waals surface area contributed by atoms with E-state index in [0.717, 1.165) is 38.6 Å². The highest BCUT2D eigenvalue weighted by Crippen LogP contribution is 2.18. The van der Waals surface area contributed by atoms with Crippen molar-refractivity contribution in [2.24, 2.45) is 0 Å². The Labute approximate surface area is 103 Å². The zero-order valence-electron chi connectivity index (χ0n) is 10.9. The zero-order chi connectivity index (χ0) is 12.7. The number of carbonyl (C=O) groups is 2. The number of hydrogen-bond donors (Lipinski definition) is 0. The predicted octanol–water partition coefficient (Wildman–Crippen LogP) is 2.12. The van der Waals surface area contributed by atoms with Crippen LogP contribution in [-0.4, -0.2) is 36.5 Å². The van der Waals surface area contributed by atoms with Crippen molar-refractivity contribution in [3.05, 3.63) is 0 Å². The third kappa shape index (κ3) is 4.75. The molecule has 1 heterocycles. The lowest BCUT2D eigenvalue weighted by Gasteiger charge is -2.21.